The predicted molar refractivity (Wildman–Crippen MR) is 137 cm³/mol. The lowest BCUT2D eigenvalue weighted by Crippen LogP contribution is -2.37. The van der Waals surface area contributed by atoms with Gasteiger partial charge in [0.05, 0.1) is 6.10 Å². The third kappa shape index (κ3) is 4.89. The van der Waals surface area contributed by atoms with Gasteiger partial charge in [-0.2, -0.15) is 0 Å². The molecule has 0 atom stereocenters. The lowest BCUT2D eigenvalue weighted by atomic mass is 10.0. The highest BCUT2D eigenvalue weighted by atomic mass is 16.4. The van der Waals surface area contributed by atoms with Crippen molar-refractivity contribution in [2.24, 2.45) is 4.99 Å². The molecule has 186 valence electrons. The average Bonchev–Trinajstić information content (AvgIpc) is 3.41. The van der Waals surface area contributed by atoms with Crippen molar-refractivity contribution in [2.75, 3.05) is 25.0 Å². The number of aryl methyl sites for hydroxylation is 1. The summed E-state index contributed by atoms with van der Waals surface area (Å²) in [5.41, 5.74) is 3.88. The number of pyridine rings is 1. The lowest BCUT2D eigenvalue weighted by molar-refractivity contribution is 0.0694. The number of nitrogens with zero attached hydrogens (tertiary/aromatic N) is 3. The van der Waals surface area contributed by atoms with Crippen LogP contribution in [0.1, 0.15) is 45.7 Å². The zero-order valence-electron chi connectivity index (χ0n) is 19.9. The van der Waals surface area contributed by atoms with E-state index in [-0.39, 0.29) is 23.3 Å². The Morgan fingerprint density at radius 1 is 1.28 bits per heavy atom. The number of nitrogens with one attached hydrogen (secondary N) is 1. The fraction of sp³-hybridized carbons (Fsp3) is 0.296. The maximum atomic E-state index is 11.9. The Labute approximate surface area is 208 Å². The number of aromatic carboxylic acids is 1. The zero-order valence-corrected chi connectivity index (χ0v) is 19.9. The molecule has 36 heavy (non-hydrogen) atoms. The van der Waals surface area contributed by atoms with Crippen molar-refractivity contribution in [3.63, 3.8) is 0 Å². The number of carboxylic acid groups (broad SMARTS) is 1. The van der Waals surface area contributed by atoms with Crippen LogP contribution < -0.4 is 5.32 Å². The summed E-state index contributed by atoms with van der Waals surface area (Å²) in [6.07, 6.45) is 7.13. The highest BCUT2D eigenvalue weighted by molar-refractivity contribution is 6.21. The number of anilines is 2. The number of allylic oxidation sites excluding steroid dienone is 1. The van der Waals surface area contributed by atoms with Crippen molar-refractivity contribution in [3.8, 4) is 5.75 Å². The van der Waals surface area contributed by atoms with Gasteiger partial charge < -0.3 is 30.0 Å². The standard InChI is InChI=1S/C27H28N4O5/c1-16-13-17(6-10-31-11-7-19(32)8-12-31)4-5-21(16)30-26-23(27(34)35)24(33)22(36-26)14-18-15-29-25-20(18)3-2-9-28-25/h2-5,9,13-15,19,30,32-33H,6-8,10-12H2,1H3,(H,34,35). The summed E-state index contributed by atoms with van der Waals surface area (Å²) in [6, 6.07) is 9.57. The van der Waals surface area contributed by atoms with Crippen molar-refractivity contribution >= 4 is 41.2 Å². The first-order valence-corrected chi connectivity index (χ1v) is 12.0. The maximum absolute atomic E-state index is 11.9. The van der Waals surface area contributed by atoms with E-state index in [9.17, 15) is 20.1 Å². The first kappa shape index (κ1) is 23.8. The smallest absolute Gasteiger partial charge is 0.345 e. The number of carboxylic acids is 1. The van der Waals surface area contributed by atoms with Crippen LogP contribution in [0.3, 0.4) is 0 Å². The van der Waals surface area contributed by atoms with E-state index in [2.05, 4.69) is 26.3 Å². The molecule has 4 N–H and O–H groups in total. The predicted octanol–water partition coefficient (Wildman–Crippen LogP) is 4.39. The van der Waals surface area contributed by atoms with Gasteiger partial charge in [-0.15, -0.1) is 0 Å². The van der Waals surface area contributed by atoms with Crippen LogP contribution in [0.25, 0.3) is 11.6 Å². The van der Waals surface area contributed by atoms with Gasteiger partial charge in [0.25, 0.3) is 0 Å². The van der Waals surface area contributed by atoms with Crippen LogP contribution >= 0.6 is 0 Å². The van der Waals surface area contributed by atoms with Gasteiger partial charge in [-0.1, -0.05) is 12.1 Å². The molecular formula is C27H28N4O5. The van der Waals surface area contributed by atoms with Gasteiger partial charge in [0.2, 0.25) is 5.88 Å². The SMILES string of the molecule is Cc1cc(CCN2CCC(O)CC2)ccc1Nc1oc(C=C2C=Nc3ncccc32)c(O)c1C(=O)O. The Hall–Kier alpha value is -3.95. The summed E-state index contributed by atoms with van der Waals surface area (Å²) in [5.74, 6) is -1.22. The molecule has 9 nitrogen and oxygen atoms in total. The summed E-state index contributed by atoms with van der Waals surface area (Å²) in [5, 5.41) is 33.1. The summed E-state index contributed by atoms with van der Waals surface area (Å²) in [7, 11) is 0. The Balaban J connectivity index is 1.34. The number of fused-ring (bicyclic) bond motifs is 1. The van der Waals surface area contributed by atoms with E-state index in [0.29, 0.717) is 17.1 Å². The van der Waals surface area contributed by atoms with E-state index in [1.807, 2.05) is 25.1 Å². The summed E-state index contributed by atoms with van der Waals surface area (Å²) >= 11 is 0. The number of benzene rings is 1. The van der Waals surface area contributed by atoms with Gasteiger partial charge in [-0.25, -0.2) is 14.8 Å². The number of rotatable bonds is 7. The molecule has 2 aliphatic rings. The van der Waals surface area contributed by atoms with E-state index >= 15 is 0 Å². The monoisotopic (exact) mass is 488 g/mol. The number of hydrogen-bond donors (Lipinski definition) is 4. The molecule has 1 saturated heterocycles. The number of likely N-dealkylation sites (tertiary alicyclic amines) is 1. The van der Waals surface area contributed by atoms with Gasteiger partial charge in [0.1, 0.15) is 0 Å². The fourth-order valence-electron chi connectivity index (χ4n) is 4.58. The van der Waals surface area contributed by atoms with Gasteiger partial charge in [-0.3, -0.25) is 0 Å². The molecule has 2 aliphatic heterocycles. The molecule has 4 heterocycles. The summed E-state index contributed by atoms with van der Waals surface area (Å²) in [6.45, 7) is 4.68. The van der Waals surface area contributed by atoms with Crippen molar-refractivity contribution in [1.29, 1.82) is 0 Å². The highest BCUT2D eigenvalue weighted by Gasteiger charge is 2.26. The van der Waals surface area contributed by atoms with Crippen molar-refractivity contribution < 1.29 is 24.5 Å². The molecule has 1 fully saturated rings. The Morgan fingerprint density at radius 3 is 2.83 bits per heavy atom. The third-order valence-electron chi connectivity index (χ3n) is 6.65. The second kappa shape index (κ2) is 9.96. The van der Waals surface area contributed by atoms with Crippen LogP contribution in [0, 0.1) is 6.92 Å². The minimum absolute atomic E-state index is 0.0222. The molecule has 0 unspecified atom stereocenters. The number of aliphatic hydroxyl groups is 1. The zero-order chi connectivity index (χ0) is 25.2. The van der Waals surface area contributed by atoms with Crippen LogP contribution in [0.2, 0.25) is 0 Å². The van der Waals surface area contributed by atoms with Crippen LogP contribution in [0.15, 0.2) is 45.9 Å². The van der Waals surface area contributed by atoms with Crippen molar-refractivity contribution in [1.82, 2.24) is 9.88 Å². The van der Waals surface area contributed by atoms with Gasteiger partial charge in [0.15, 0.2) is 22.9 Å². The van der Waals surface area contributed by atoms with Crippen molar-refractivity contribution in [3.05, 3.63) is 64.5 Å². The molecule has 9 heteroatoms. The lowest BCUT2D eigenvalue weighted by Gasteiger charge is -2.29. The molecule has 0 saturated carbocycles. The number of furan rings is 1. The molecule has 0 radical (unpaired) electrons. The Bertz CT molecular complexity index is 1350. The third-order valence-corrected chi connectivity index (χ3v) is 6.65. The van der Waals surface area contributed by atoms with E-state index < -0.39 is 11.7 Å². The van der Waals surface area contributed by atoms with E-state index in [1.54, 1.807) is 24.6 Å². The molecular weight excluding hydrogens is 460 g/mol. The first-order valence-electron chi connectivity index (χ1n) is 12.0. The number of piperidine rings is 1. The van der Waals surface area contributed by atoms with Crippen LogP contribution in [-0.2, 0) is 6.42 Å². The number of carbonyl (C=O) groups is 1. The number of aromatic nitrogens is 1. The van der Waals surface area contributed by atoms with Gasteiger partial charge in [-0.05, 0) is 61.6 Å². The van der Waals surface area contributed by atoms with Crippen molar-refractivity contribution in [2.45, 2.75) is 32.3 Å². The van der Waals surface area contributed by atoms with E-state index in [1.165, 1.54) is 5.56 Å². The molecule has 0 aliphatic carbocycles. The highest BCUT2D eigenvalue weighted by Crippen LogP contribution is 2.39. The van der Waals surface area contributed by atoms with Crippen LogP contribution in [0.5, 0.6) is 5.75 Å². The maximum Gasteiger partial charge on any atom is 0.345 e. The van der Waals surface area contributed by atoms with E-state index in [4.69, 9.17) is 4.42 Å². The summed E-state index contributed by atoms with van der Waals surface area (Å²) in [4.78, 5) is 22.7. The Kier molecular flexibility index (Phi) is 6.58. The minimum Gasteiger partial charge on any atom is -0.504 e. The molecule has 1 aromatic carbocycles. The molecule has 5 rings (SSSR count). The fourth-order valence-corrected chi connectivity index (χ4v) is 4.58. The van der Waals surface area contributed by atoms with Gasteiger partial charge >= 0.3 is 5.97 Å². The number of hydrogen-bond acceptors (Lipinski definition) is 8. The first-order chi connectivity index (χ1) is 17.4. The van der Waals surface area contributed by atoms with E-state index in [0.717, 1.165) is 50.0 Å². The normalized spacial score (nSPS) is 17.0. The second-order valence-electron chi connectivity index (χ2n) is 9.15. The average molecular weight is 489 g/mol. The van der Waals surface area contributed by atoms with Crippen LogP contribution in [0.4, 0.5) is 17.4 Å². The minimum atomic E-state index is -1.30. The number of aliphatic hydroxyl groups excluding tert-OH is 1. The number of aromatic hydroxyl groups is 1. The van der Waals surface area contributed by atoms with Crippen LogP contribution in [-0.4, -0.2) is 63.1 Å². The summed E-state index contributed by atoms with van der Waals surface area (Å²) < 4.78 is 5.78. The van der Waals surface area contributed by atoms with Gasteiger partial charge in [0, 0.05) is 48.9 Å². The molecule has 2 aromatic heterocycles. The second-order valence-corrected chi connectivity index (χ2v) is 9.15. The quantitative estimate of drug-likeness (QED) is 0.385. The Morgan fingerprint density at radius 2 is 2.08 bits per heavy atom. The molecule has 0 spiro atoms. The topological polar surface area (TPSA) is 131 Å². The molecule has 0 bridgehead atoms. The molecule has 0 amide bonds. The number of aliphatic imine (C=N–C) groups is 1. The largest absolute Gasteiger partial charge is 0.504 e. The molecule has 3 aromatic rings.